The van der Waals surface area contributed by atoms with Crippen LogP contribution in [0.1, 0.15) is 72.6 Å². The molecule has 0 aromatic heterocycles. The van der Waals surface area contributed by atoms with Gasteiger partial charge in [-0.25, -0.2) is 4.18 Å². The maximum Gasteiger partial charge on any atom is 1.00 e. The van der Waals surface area contributed by atoms with Crippen molar-refractivity contribution >= 4 is 20.8 Å². The molecule has 0 fully saturated rings. The molecule has 0 aliphatic rings. The van der Waals surface area contributed by atoms with Gasteiger partial charge >= 0.3 is 50.4 Å². The fourth-order valence-corrected chi connectivity index (χ4v) is 2.08. The van der Waals surface area contributed by atoms with Crippen molar-refractivity contribution in [2.24, 2.45) is 0 Å². The molecule has 0 unspecified atom stereocenters. The van der Waals surface area contributed by atoms with Crippen molar-refractivity contribution in [2.45, 2.75) is 71.1 Å². The van der Waals surface area contributed by atoms with Crippen LogP contribution in [0.15, 0.2) is 0 Å². The molecule has 0 aliphatic carbocycles. The molecule has 0 aliphatic heterocycles. The molecule has 0 bridgehead atoms. The molecule has 0 spiro atoms. The van der Waals surface area contributed by atoms with Crippen molar-refractivity contribution in [1.82, 2.24) is 0 Å². The summed E-state index contributed by atoms with van der Waals surface area (Å²) in [6, 6.07) is 0. The van der Waals surface area contributed by atoms with Gasteiger partial charge < -0.3 is 6.90 Å². The average molecular weight is 406 g/mol. The average Bonchev–Trinajstić information content (AvgIpc) is 2.32. The van der Waals surface area contributed by atoms with Gasteiger partial charge in [0, 0.05) is 0 Å². The van der Waals surface area contributed by atoms with Gasteiger partial charge in [-0.3, -0.25) is 13.7 Å². The summed E-state index contributed by atoms with van der Waals surface area (Å²) in [5, 5.41) is 0. The molecule has 9 nitrogen and oxygen atoms in total. The van der Waals surface area contributed by atoms with Crippen molar-refractivity contribution < 1.29 is 71.1 Å². The summed E-state index contributed by atoms with van der Waals surface area (Å²) in [5.74, 6) is 0. The van der Waals surface area contributed by atoms with E-state index >= 15 is 0 Å². The summed E-state index contributed by atoms with van der Waals surface area (Å²) < 4.78 is 64.6. The SMILES string of the molecule is CCCCCCCCCCCCOS(=O)(=O)O.O.O=S(=O)(O)O.[H-].[Na+]. The summed E-state index contributed by atoms with van der Waals surface area (Å²) >= 11 is 0. The van der Waals surface area contributed by atoms with E-state index in [4.69, 9.17) is 22.1 Å². The van der Waals surface area contributed by atoms with Gasteiger partial charge in [0.1, 0.15) is 0 Å². The number of hydrogen-bond donors (Lipinski definition) is 3. The maximum atomic E-state index is 10.2. The third kappa shape index (κ3) is 49.5. The van der Waals surface area contributed by atoms with Gasteiger partial charge in [-0.1, -0.05) is 64.7 Å². The minimum Gasteiger partial charge on any atom is -1.00 e. The first kappa shape index (κ1) is 32.4. The fourth-order valence-electron chi connectivity index (χ4n) is 1.75. The zero-order chi connectivity index (χ0) is 17.5. The van der Waals surface area contributed by atoms with E-state index in [1.807, 2.05) is 0 Å². The molecule has 0 atom stereocenters. The van der Waals surface area contributed by atoms with Gasteiger partial charge in [0.05, 0.1) is 6.61 Å². The van der Waals surface area contributed by atoms with Gasteiger partial charge in [-0.05, 0) is 6.42 Å². The van der Waals surface area contributed by atoms with Crippen LogP contribution in [0.4, 0.5) is 0 Å². The zero-order valence-electron chi connectivity index (χ0n) is 15.5. The van der Waals surface area contributed by atoms with Crippen molar-refractivity contribution in [2.75, 3.05) is 6.61 Å². The molecule has 0 radical (unpaired) electrons. The van der Waals surface area contributed by atoms with Crippen LogP contribution in [0.25, 0.3) is 0 Å². The second kappa shape index (κ2) is 20.0. The van der Waals surface area contributed by atoms with Gasteiger partial charge in [0.2, 0.25) is 0 Å². The minimum atomic E-state index is -4.67. The van der Waals surface area contributed by atoms with Crippen LogP contribution in [-0.2, 0) is 25.0 Å². The summed E-state index contributed by atoms with van der Waals surface area (Å²) in [6.45, 7) is 2.31. The van der Waals surface area contributed by atoms with E-state index in [-0.39, 0.29) is 43.1 Å². The van der Waals surface area contributed by atoms with Crippen molar-refractivity contribution in [1.29, 1.82) is 0 Å². The molecule has 12 heteroatoms. The predicted octanol–water partition coefficient (Wildman–Crippen LogP) is -0.634. The topological polar surface area (TPSA) is 170 Å². The van der Waals surface area contributed by atoms with Crippen molar-refractivity contribution in [3.8, 4) is 0 Å². The largest absolute Gasteiger partial charge is 1.00 e. The van der Waals surface area contributed by atoms with Gasteiger partial charge in [0.25, 0.3) is 0 Å². The van der Waals surface area contributed by atoms with E-state index in [0.29, 0.717) is 6.42 Å². The number of hydrogen-bond acceptors (Lipinski definition) is 5. The first-order chi connectivity index (χ1) is 10.1. The Kier molecular flexibility index (Phi) is 27.0. The van der Waals surface area contributed by atoms with Gasteiger partial charge in [-0.15, -0.1) is 0 Å². The van der Waals surface area contributed by atoms with Crippen LogP contribution in [0.5, 0.6) is 0 Å². The van der Waals surface area contributed by atoms with Crippen LogP contribution in [-0.4, -0.2) is 42.6 Å². The molecule has 146 valence electrons. The Morgan fingerprint density at radius 2 is 1.04 bits per heavy atom. The first-order valence-corrected chi connectivity index (χ1v) is 10.1. The second-order valence-electron chi connectivity index (χ2n) is 4.88. The molecule has 0 saturated carbocycles. The summed E-state index contributed by atoms with van der Waals surface area (Å²) in [4.78, 5) is 0. The van der Waals surface area contributed by atoms with Crippen LogP contribution in [0.3, 0.4) is 0 Å². The fraction of sp³-hybridized carbons (Fsp3) is 1.00. The van der Waals surface area contributed by atoms with Crippen LogP contribution < -0.4 is 29.6 Å². The van der Waals surface area contributed by atoms with E-state index in [1.165, 1.54) is 44.9 Å². The maximum absolute atomic E-state index is 10.2. The quantitative estimate of drug-likeness (QED) is 0.218. The molecule has 0 saturated heterocycles. The molecule has 0 aromatic rings. The third-order valence-corrected chi connectivity index (χ3v) is 3.19. The van der Waals surface area contributed by atoms with E-state index in [9.17, 15) is 8.42 Å². The zero-order valence-corrected chi connectivity index (χ0v) is 18.1. The molecule has 0 amide bonds. The van der Waals surface area contributed by atoms with E-state index in [0.717, 1.165) is 12.8 Å². The second-order valence-corrected chi connectivity index (χ2v) is 6.87. The summed E-state index contributed by atoms with van der Waals surface area (Å²) in [7, 11) is -8.90. The van der Waals surface area contributed by atoms with Crippen LogP contribution in [0.2, 0.25) is 0 Å². The smallest absolute Gasteiger partial charge is 1.00 e. The molecule has 0 aromatic carbocycles. The number of rotatable bonds is 12. The van der Waals surface area contributed by atoms with E-state index in [1.54, 1.807) is 0 Å². The Hall–Kier alpha value is 0.700. The normalized spacial score (nSPS) is 10.8. The number of unbranched alkanes of at least 4 members (excludes halogenated alkanes) is 9. The van der Waals surface area contributed by atoms with Crippen LogP contribution >= 0.6 is 0 Å². The molecular weight excluding hydrogens is 375 g/mol. The Labute approximate surface area is 169 Å². The Balaban J connectivity index is -0.000000147. The predicted molar refractivity (Wildman–Crippen MR) is 88.2 cm³/mol. The molecule has 0 heterocycles. The standard InChI is InChI=1S/C12H26O4S.Na.H2O4S.H2O.H/c1-2-3-4-5-6-7-8-9-10-11-12-16-17(13,14)15;;1-5(2,3)4;;/h2-12H2,1H3,(H,13,14,15);;(H2,1,2,3,4);1H2;/q;+1;;;-1. The third-order valence-electron chi connectivity index (χ3n) is 2.73. The Bertz CT molecular complexity index is 436. The van der Waals surface area contributed by atoms with Crippen molar-refractivity contribution in [3.63, 3.8) is 0 Å². The van der Waals surface area contributed by atoms with E-state index < -0.39 is 20.8 Å². The monoisotopic (exact) mass is 406 g/mol. The molecule has 0 rings (SSSR count). The summed E-state index contributed by atoms with van der Waals surface area (Å²) in [6.07, 6.45) is 11.9. The van der Waals surface area contributed by atoms with E-state index in [2.05, 4.69) is 11.1 Å². The molecule has 24 heavy (non-hydrogen) atoms. The van der Waals surface area contributed by atoms with Gasteiger partial charge in [-0.2, -0.15) is 16.8 Å². The van der Waals surface area contributed by atoms with Crippen molar-refractivity contribution in [3.05, 3.63) is 0 Å². The Morgan fingerprint density at radius 1 is 0.750 bits per heavy atom. The first-order valence-electron chi connectivity index (χ1n) is 7.38. The Morgan fingerprint density at radius 3 is 1.33 bits per heavy atom. The molecular formula is C12H31NaO9S2. The minimum absolute atomic E-state index is 0. The summed E-state index contributed by atoms with van der Waals surface area (Å²) in [5.41, 5.74) is 0. The molecule has 5 N–H and O–H groups in total. The van der Waals surface area contributed by atoms with Crippen LogP contribution in [0, 0.1) is 0 Å². The van der Waals surface area contributed by atoms with Gasteiger partial charge in [0.15, 0.2) is 0 Å².